The molecule has 2 saturated heterocycles. The predicted molar refractivity (Wildman–Crippen MR) is 116 cm³/mol. The molecule has 3 heterocycles. The van der Waals surface area contributed by atoms with Gasteiger partial charge in [0, 0.05) is 67.5 Å². The lowest BCUT2D eigenvalue weighted by molar-refractivity contribution is 0.0305. The molecular weight excluding hydrogens is 352 g/mol. The lowest BCUT2D eigenvalue weighted by Crippen LogP contribution is -2.58. The molecule has 146 valence electrons. The van der Waals surface area contributed by atoms with E-state index in [0.717, 1.165) is 11.7 Å². The molecule has 0 radical (unpaired) electrons. The van der Waals surface area contributed by atoms with Gasteiger partial charge < -0.3 is 4.90 Å². The van der Waals surface area contributed by atoms with Crippen LogP contribution in [0.25, 0.3) is 11.3 Å². The van der Waals surface area contributed by atoms with Crippen molar-refractivity contribution < 1.29 is 0 Å². The highest BCUT2D eigenvalue weighted by atomic mass is 32.1. The van der Waals surface area contributed by atoms with Crippen molar-refractivity contribution in [2.24, 2.45) is 0 Å². The summed E-state index contributed by atoms with van der Waals surface area (Å²) in [5, 5.41) is 2.11. The van der Waals surface area contributed by atoms with E-state index in [9.17, 15) is 0 Å². The van der Waals surface area contributed by atoms with Crippen LogP contribution in [0, 0.1) is 0 Å². The van der Waals surface area contributed by atoms with E-state index >= 15 is 0 Å². The van der Waals surface area contributed by atoms with Crippen LogP contribution in [-0.2, 0) is 0 Å². The van der Waals surface area contributed by atoms with E-state index < -0.39 is 0 Å². The van der Waals surface area contributed by atoms with Crippen LogP contribution >= 0.6 is 11.3 Å². The molecule has 1 aromatic carbocycles. The maximum Gasteiger partial charge on any atom is 0.0811 e. The third-order valence-electron chi connectivity index (χ3n) is 6.32. The van der Waals surface area contributed by atoms with Crippen molar-refractivity contribution in [1.29, 1.82) is 0 Å². The molecule has 1 aromatic heterocycles. The lowest BCUT2D eigenvalue weighted by atomic mass is 9.99. The Hall–Kier alpha value is -1.43. The summed E-state index contributed by atoms with van der Waals surface area (Å²) in [5.41, 5.74) is 5.55. The Morgan fingerprint density at radius 3 is 2.37 bits per heavy atom. The molecule has 0 aliphatic carbocycles. The summed E-state index contributed by atoms with van der Waals surface area (Å²) in [7, 11) is 0. The Balaban J connectivity index is 1.31. The second-order valence-corrected chi connectivity index (χ2v) is 9.03. The highest BCUT2D eigenvalue weighted by Crippen LogP contribution is 2.27. The van der Waals surface area contributed by atoms with Gasteiger partial charge in [-0.1, -0.05) is 12.1 Å². The Bertz CT molecular complexity index is 704. The number of anilines is 1. The summed E-state index contributed by atoms with van der Waals surface area (Å²) in [5.74, 6) is 0. The van der Waals surface area contributed by atoms with E-state index in [4.69, 9.17) is 0 Å². The molecule has 0 spiro atoms. The van der Waals surface area contributed by atoms with Crippen LogP contribution in [0.15, 0.2) is 35.2 Å². The van der Waals surface area contributed by atoms with Gasteiger partial charge in [0.1, 0.15) is 0 Å². The first-order chi connectivity index (χ1) is 13.1. The van der Waals surface area contributed by atoms with Crippen LogP contribution in [-0.4, -0.2) is 65.6 Å². The zero-order chi connectivity index (χ0) is 18.8. The van der Waals surface area contributed by atoms with Crippen LogP contribution in [0.5, 0.6) is 0 Å². The number of hydrogen-bond donors (Lipinski definition) is 0. The smallest absolute Gasteiger partial charge is 0.0811 e. The van der Waals surface area contributed by atoms with Gasteiger partial charge in [0.25, 0.3) is 0 Å². The highest BCUT2D eigenvalue weighted by Gasteiger charge is 2.31. The van der Waals surface area contributed by atoms with Crippen LogP contribution < -0.4 is 4.90 Å². The van der Waals surface area contributed by atoms with Gasteiger partial charge in [0.05, 0.1) is 11.2 Å². The van der Waals surface area contributed by atoms with E-state index in [2.05, 4.69) is 70.1 Å². The Labute approximate surface area is 167 Å². The van der Waals surface area contributed by atoms with Crippen molar-refractivity contribution in [1.82, 2.24) is 14.8 Å². The molecular formula is C22H32N4S. The molecule has 27 heavy (non-hydrogen) atoms. The minimum atomic E-state index is 0.663. The molecule has 2 fully saturated rings. The average molecular weight is 385 g/mol. The van der Waals surface area contributed by atoms with Gasteiger partial charge in [-0.3, -0.25) is 9.80 Å². The Kier molecular flexibility index (Phi) is 5.81. The first-order valence-electron chi connectivity index (χ1n) is 10.3. The quantitative estimate of drug-likeness (QED) is 0.788. The summed E-state index contributed by atoms with van der Waals surface area (Å²) >= 11 is 1.65. The fraction of sp³-hybridized carbons (Fsp3) is 0.591. The van der Waals surface area contributed by atoms with Gasteiger partial charge >= 0.3 is 0 Å². The minimum Gasteiger partial charge on any atom is -0.371 e. The number of aromatic nitrogens is 1. The predicted octanol–water partition coefficient (Wildman–Crippen LogP) is 4.19. The van der Waals surface area contributed by atoms with Crippen molar-refractivity contribution >= 4 is 17.0 Å². The molecule has 0 amide bonds. The first kappa shape index (κ1) is 18.9. The molecule has 0 saturated carbocycles. The van der Waals surface area contributed by atoms with Gasteiger partial charge in [0.2, 0.25) is 0 Å². The maximum absolute atomic E-state index is 4.41. The van der Waals surface area contributed by atoms with Crippen LogP contribution in [0.3, 0.4) is 0 Å². The fourth-order valence-corrected chi connectivity index (χ4v) is 5.35. The highest BCUT2D eigenvalue weighted by molar-refractivity contribution is 7.07. The van der Waals surface area contributed by atoms with Crippen LogP contribution in [0.2, 0.25) is 0 Å². The van der Waals surface area contributed by atoms with Gasteiger partial charge in [-0.2, -0.15) is 0 Å². The minimum absolute atomic E-state index is 0.663. The second-order valence-electron chi connectivity index (χ2n) is 8.31. The van der Waals surface area contributed by atoms with Crippen molar-refractivity contribution in [3.8, 4) is 11.3 Å². The SMILES string of the molecule is CC(C)N1CCN(C2CCN(c3ccc(-c4cscn4)cc3)CC2)CC1C. The Morgan fingerprint density at radius 1 is 1.04 bits per heavy atom. The standard InChI is InChI=1S/C22H32N4S/c1-17(2)26-13-12-25(14-18(26)3)21-8-10-24(11-9-21)20-6-4-19(5-7-20)22-15-27-16-23-22/h4-7,15-18,21H,8-14H2,1-3H3. The van der Waals surface area contributed by atoms with E-state index in [1.165, 1.54) is 56.8 Å². The summed E-state index contributed by atoms with van der Waals surface area (Å²) < 4.78 is 0. The maximum atomic E-state index is 4.41. The molecule has 2 aliphatic rings. The zero-order valence-electron chi connectivity index (χ0n) is 16.8. The lowest BCUT2D eigenvalue weighted by Gasteiger charge is -2.47. The summed E-state index contributed by atoms with van der Waals surface area (Å²) in [4.78, 5) is 12.4. The van der Waals surface area contributed by atoms with Crippen molar-refractivity contribution in [3.63, 3.8) is 0 Å². The molecule has 2 aromatic rings. The number of hydrogen-bond acceptors (Lipinski definition) is 5. The number of piperidine rings is 1. The van der Waals surface area contributed by atoms with E-state index in [1.807, 2.05) is 5.51 Å². The van der Waals surface area contributed by atoms with Crippen LogP contribution in [0.4, 0.5) is 5.69 Å². The van der Waals surface area contributed by atoms with Gasteiger partial charge in [0.15, 0.2) is 0 Å². The zero-order valence-corrected chi connectivity index (χ0v) is 17.7. The molecule has 4 nitrogen and oxygen atoms in total. The molecule has 4 rings (SSSR count). The number of benzene rings is 1. The number of piperazine rings is 1. The number of thiazole rings is 1. The summed E-state index contributed by atoms with van der Waals surface area (Å²) in [6.45, 7) is 13.1. The van der Waals surface area contributed by atoms with E-state index in [0.29, 0.717) is 12.1 Å². The monoisotopic (exact) mass is 384 g/mol. The van der Waals surface area contributed by atoms with Crippen molar-refractivity contribution in [3.05, 3.63) is 35.2 Å². The normalized spacial score (nSPS) is 23.3. The number of nitrogens with zero attached hydrogens (tertiary/aromatic N) is 4. The molecule has 1 unspecified atom stereocenters. The third-order valence-corrected chi connectivity index (χ3v) is 6.90. The van der Waals surface area contributed by atoms with Crippen molar-refractivity contribution in [2.75, 3.05) is 37.6 Å². The van der Waals surface area contributed by atoms with Gasteiger partial charge in [-0.25, -0.2) is 4.98 Å². The Morgan fingerprint density at radius 2 is 1.78 bits per heavy atom. The molecule has 1 atom stereocenters. The van der Waals surface area contributed by atoms with Crippen molar-refractivity contribution in [2.45, 2.75) is 51.7 Å². The van der Waals surface area contributed by atoms with Gasteiger partial charge in [-0.15, -0.1) is 11.3 Å². The topological polar surface area (TPSA) is 22.6 Å². The van der Waals surface area contributed by atoms with Gasteiger partial charge in [-0.05, 0) is 45.7 Å². The molecule has 0 bridgehead atoms. The summed E-state index contributed by atoms with van der Waals surface area (Å²) in [6, 6.07) is 11.0. The third kappa shape index (κ3) is 4.20. The average Bonchev–Trinajstić information content (AvgIpc) is 3.23. The van der Waals surface area contributed by atoms with E-state index in [1.54, 1.807) is 11.3 Å². The second kappa shape index (κ2) is 8.29. The molecule has 2 aliphatic heterocycles. The summed E-state index contributed by atoms with van der Waals surface area (Å²) in [6.07, 6.45) is 2.56. The fourth-order valence-electron chi connectivity index (χ4n) is 4.79. The van der Waals surface area contributed by atoms with Crippen LogP contribution in [0.1, 0.15) is 33.6 Å². The molecule has 5 heteroatoms. The largest absolute Gasteiger partial charge is 0.371 e. The first-order valence-corrected chi connectivity index (χ1v) is 11.3. The number of rotatable bonds is 4. The van der Waals surface area contributed by atoms with E-state index in [-0.39, 0.29) is 0 Å². The molecule has 0 N–H and O–H groups in total.